The molecule has 4 rings (SSSR count). The third kappa shape index (κ3) is 3.16. The molecule has 1 unspecified atom stereocenters. The monoisotopic (exact) mass is 351 g/mol. The molecule has 1 aromatic heterocycles. The number of rotatable bonds is 4. The highest BCUT2D eigenvalue weighted by molar-refractivity contribution is 5.62. The quantitative estimate of drug-likeness (QED) is 0.755. The molecule has 0 saturated carbocycles. The van der Waals surface area contributed by atoms with Gasteiger partial charge in [-0.3, -0.25) is 10.00 Å². The SMILES string of the molecule is Cc1ccccc1C1(O)CCN(Cc2cn[nH]c2-c2ccc(F)cc2)C1. The first-order valence-corrected chi connectivity index (χ1v) is 8.84. The molecular formula is C21H22FN3O. The summed E-state index contributed by atoms with van der Waals surface area (Å²) in [7, 11) is 0. The summed E-state index contributed by atoms with van der Waals surface area (Å²) in [5.74, 6) is -0.252. The van der Waals surface area contributed by atoms with Crippen LogP contribution in [0.1, 0.15) is 23.1 Å². The Morgan fingerprint density at radius 2 is 1.96 bits per heavy atom. The van der Waals surface area contributed by atoms with Gasteiger partial charge in [-0.2, -0.15) is 5.10 Å². The van der Waals surface area contributed by atoms with Gasteiger partial charge in [0.15, 0.2) is 0 Å². The van der Waals surface area contributed by atoms with E-state index in [9.17, 15) is 9.50 Å². The van der Waals surface area contributed by atoms with E-state index in [4.69, 9.17) is 0 Å². The van der Waals surface area contributed by atoms with Gasteiger partial charge in [0, 0.05) is 30.8 Å². The van der Waals surface area contributed by atoms with Crippen molar-refractivity contribution in [1.29, 1.82) is 0 Å². The van der Waals surface area contributed by atoms with Crippen LogP contribution in [0.5, 0.6) is 0 Å². The molecule has 0 amide bonds. The molecule has 134 valence electrons. The zero-order chi connectivity index (χ0) is 18.1. The third-order valence-electron chi connectivity index (χ3n) is 5.22. The Kier molecular flexibility index (Phi) is 4.34. The number of benzene rings is 2. The lowest BCUT2D eigenvalue weighted by Gasteiger charge is -2.25. The summed E-state index contributed by atoms with van der Waals surface area (Å²) in [5.41, 5.74) is 4.17. The molecule has 1 fully saturated rings. The van der Waals surface area contributed by atoms with Crippen LogP contribution < -0.4 is 0 Å². The van der Waals surface area contributed by atoms with Crippen LogP contribution in [0.4, 0.5) is 4.39 Å². The van der Waals surface area contributed by atoms with Gasteiger partial charge in [-0.25, -0.2) is 4.39 Å². The Hall–Kier alpha value is -2.50. The Balaban J connectivity index is 1.53. The van der Waals surface area contributed by atoms with Crippen molar-refractivity contribution in [2.45, 2.75) is 25.5 Å². The lowest BCUT2D eigenvalue weighted by molar-refractivity contribution is 0.0447. The molecule has 1 aliphatic heterocycles. The van der Waals surface area contributed by atoms with Gasteiger partial charge < -0.3 is 5.11 Å². The third-order valence-corrected chi connectivity index (χ3v) is 5.22. The number of halogens is 1. The van der Waals surface area contributed by atoms with Crippen molar-refractivity contribution in [1.82, 2.24) is 15.1 Å². The second-order valence-electron chi connectivity index (χ2n) is 7.08. The zero-order valence-electron chi connectivity index (χ0n) is 14.7. The highest BCUT2D eigenvalue weighted by atomic mass is 19.1. The maximum atomic E-state index is 13.2. The first-order valence-electron chi connectivity index (χ1n) is 8.84. The minimum atomic E-state index is -0.814. The number of H-pyrrole nitrogens is 1. The number of nitrogens with zero attached hydrogens (tertiary/aromatic N) is 2. The van der Waals surface area contributed by atoms with E-state index in [0.29, 0.717) is 19.5 Å². The van der Waals surface area contributed by atoms with Crippen LogP contribution in [0.3, 0.4) is 0 Å². The van der Waals surface area contributed by atoms with Crippen LogP contribution in [0.25, 0.3) is 11.3 Å². The van der Waals surface area contributed by atoms with E-state index in [-0.39, 0.29) is 5.82 Å². The van der Waals surface area contributed by atoms with Crippen molar-refractivity contribution >= 4 is 0 Å². The highest BCUT2D eigenvalue weighted by Gasteiger charge is 2.38. The Morgan fingerprint density at radius 1 is 1.19 bits per heavy atom. The van der Waals surface area contributed by atoms with Crippen LogP contribution >= 0.6 is 0 Å². The average molecular weight is 351 g/mol. The summed E-state index contributed by atoms with van der Waals surface area (Å²) < 4.78 is 13.2. The van der Waals surface area contributed by atoms with E-state index in [1.165, 1.54) is 12.1 Å². The highest BCUT2D eigenvalue weighted by Crippen LogP contribution is 2.35. The van der Waals surface area contributed by atoms with Crippen LogP contribution in [-0.4, -0.2) is 33.3 Å². The molecule has 2 N–H and O–H groups in total. The van der Waals surface area contributed by atoms with Gasteiger partial charge in [0.25, 0.3) is 0 Å². The Bertz CT molecular complexity index is 906. The fourth-order valence-corrected chi connectivity index (χ4v) is 3.86. The lowest BCUT2D eigenvalue weighted by Crippen LogP contribution is -2.31. The maximum absolute atomic E-state index is 13.2. The van der Waals surface area contributed by atoms with Crippen molar-refractivity contribution in [2.75, 3.05) is 13.1 Å². The van der Waals surface area contributed by atoms with Gasteiger partial charge in [0.2, 0.25) is 0 Å². The fourth-order valence-electron chi connectivity index (χ4n) is 3.86. The number of nitrogens with one attached hydrogen (secondary N) is 1. The first kappa shape index (κ1) is 16.9. The number of aliphatic hydroxyl groups is 1. The van der Waals surface area contributed by atoms with E-state index >= 15 is 0 Å². The molecule has 0 bridgehead atoms. The van der Waals surface area contributed by atoms with Gasteiger partial charge in [-0.1, -0.05) is 24.3 Å². The summed E-state index contributed by atoms with van der Waals surface area (Å²) in [6.07, 6.45) is 2.52. The van der Waals surface area contributed by atoms with Crippen molar-refractivity contribution in [2.24, 2.45) is 0 Å². The maximum Gasteiger partial charge on any atom is 0.123 e. The predicted octanol–water partition coefficient (Wildman–Crippen LogP) is 3.62. The van der Waals surface area contributed by atoms with Crippen LogP contribution in [0, 0.1) is 12.7 Å². The molecule has 0 aliphatic carbocycles. The number of aryl methyl sites for hydroxylation is 1. The van der Waals surface area contributed by atoms with Crippen molar-refractivity contribution in [3.8, 4) is 11.3 Å². The smallest absolute Gasteiger partial charge is 0.123 e. The molecule has 2 aromatic carbocycles. The number of hydrogen-bond donors (Lipinski definition) is 2. The molecule has 2 heterocycles. The van der Waals surface area contributed by atoms with Crippen molar-refractivity contribution < 1.29 is 9.50 Å². The van der Waals surface area contributed by atoms with Crippen LogP contribution in [0.2, 0.25) is 0 Å². The number of aromatic amines is 1. The Morgan fingerprint density at radius 3 is 2.73 bits per heavy atom. The minimum absolute atomic E-state index is 0.252. The minimum Gasteiger partial charge on any atom is -0.384 e. The summed E-state index contributed by atoms with van der Waals surface area (Å²) in [4.78, 5) is 2.24. The molecule has 1 atom stereocenters. The summed E-state index contributed by atoms with van der Waals surface area (Å²) >= 11 is 0. The summed E-state index contributed by atoms with van der Waals surface area (Å²) in [6.45, 7) is 4.14. The molecule has 1 aliphatic rings. The molecule has 5 heteroatoms. The predicted molar refractivity (Wildman–Crippen MR) is 99.0 cm³/mol. The lowest BCUT2D eigenvalue weighted by atomic mass is 9.89. The normalized spacial score (nSPS) is 20.6. The van der Waals surface area contributed by atoms with Crippen molar-refractivity contribution in [3.05, 3.63) is 77.2 Å². The first-order chi connectivity index (χ1) is 12.5. The van der Waals surface area contributed by atoms with Gasteiger partial charge in [-0.05, 0) is 48.7 Å². The van der Waals surface area contributed by atoms with Gasteiger partial charge in [0.1, 0.15) is 11.4 Å². The van der Waals surface area contributed by atoms with E-state index in [2.05, 4.69) is 15.1 Å². The second-order valence-corrected chi connectivity index (χ2v) is 7.08. The number of hydrogen-bond acceptors (Lipinski definition) is 3. The average Bonchev–Trinajstić information content (AvgIpc) is 3.24. The topological polar surface area (TPSA) is 52.1 Å². The van der Waals surface area contributed by atoms with E-state index < -0.39 is 5.60 Å². The molecule has 4 nitrogen and oxygen atoms in total. The van der Waals surface area contributed by atoms with Crippen molar-refractivity contribution in [3.63, 3.8) is 0 Å². The summed E-state index contributed by atoms with van der Waals surface area (Å²) in [6, 6.07) is 14.4. The molecule has 1 saturated heterocycles. The number of likely N-dealkylation sites (tertiary alicyclic amines) is 1. The standard InChI is InChI=1S/C21H22FN3O/c1-15-4-2-3-5-19(15)21(26)10-11-25(14-21)13-17-12-23-24-20(17)16-6-8-18(22)9-7-16/h2-9,12,26H,10-11,13-14H2,1H3,(H,23,24). The largest absolute Gasteiger partial charge is 0.384 e. The van der Waals surface area contributed by atoms with E-state index in [1.54, 1.807) is 12.1 Å². The number of β-amino-alcohol motifs (C(OH)–C–C–N with tert-alkyl or cyclic N) is 1. The molecule has 0 radical (unpaired) electrons. The van der Waals surface area contributed by atoms with Gasteiger partial charge in [-0.15, -0.1) is 0 Å². The number of aromatic nitrogens is 2. The molecular weight excluding hydrogens is 329 g/mol. The molecule has 3 aromatic rings. The zero-order valence-corrected chi connectivity index (χ0v) is 14.7. The van der Waals surface area contributed by atoms with Crippen LogP contribution in [-0.2, 0) is 12.1 Å². The fraction of sp³-hybridized carbons (Fsp3) is 0.286. The van der Waals surface area contributed by atoms with Gasteiger partial charge >= 0.3 is 0 Å². The summed E-state index contributed by atoms with van der Waals surface area (Å²) in [5, 5.41) is 18.3. The van der Waals surface area contributed by atoms with E-state index in [0.717, 1.165) is 34.5 Å². The molecule has 26 heavy (non-hydrogen) atoms. The second kappa shape index (κ2) is 6.67. The van der Waals surface area contributed by atoms with E-state index in [1.807, 2.05) is 37.4 Å². The molecule has 0 spiro atoms. The Labute approximate surface area is 152 Å². The van der Waals surface area contributed by atoms with Gasteiger partial charge in [0.05, 0.1) is 11.9 Å². The van der Waals surface area contributed by atoms with Crippen LogP contribution in [0.15, 0.2) is 54.7 Å².